The Balaban J connectivity index is 2.07. The smallest absolute Gasteiger partial charge is 0.191 e. The van der Waals surface area contributed by atoms with Crippen molar-refractivity contribution < 1.29 is 20.1 Å². The van der Waals surface area contributed by atoms with Gasteiger partial charge in [-0.05, 0) is 0 Å². The summed E-state index contributed by atoms with van der Waals surface area (Å²) in [5.41, 5.74) is 5.38. The molecule has 0 aliphatic carbocycles. The van der Waals surface area contributed by atoms with Crippen molar-refractivity contribution in [3.8, 4) is 0 Å². The van der Waals surface area contributed by atoms with E-state index in [0.29, 0.717) is 0 Å². The van der Waals surface area contributed by atoms with E-state index in [1.54, 1.807) is 0 Å². The van der Waals surface area contributed by atoms with Gasteiger partial charge in [-0.1, -0.05) is 0 Å². The van der Waals surface area contributed by atoms with Gasteiger partial charge < -0.3 is 31.1 Å². The van der Waals surface area contributed by atoms with Crippen molar-refractivity contribution in [1.82, 2.24) is 5.32 Å². The van der Waals surface area contributed by atoms with Gasteiger partial charge in [-0.3, -0.25) is 0 Å². The van der Waals surface area contributed by atoms with E-state index in [1.807, 2.05) is 0 Å². The summed E-state index contributed by atoms with van der Waals surface area (Å²) < 4.78 is 5.23. The van der Waals surface area contributed by atoms with Crippen LogP contribution in [0.1, 0.15) is 0 Å². The minimum atomic E-state index is -1.10. The number of aliphatic hydroxyl groups excluding tert-OH is 3. The monoisotopic (exact) mass is 203 g/mol. The molecule has 0 bridgehead atoms. The van der Waals surface area contributed by atoms with Crippen LogP contribution in [0, 0.1) is 0 Å². The molecule has 0 spiro atoms. The van der Waals surface area contributed by atoms with E-state index in [2.05, 4.69) is 10.3 Å². The first-order valence-corrected chi connectivity index (χ1v) is 4.35. The standard InChI is InChI=1S/C7H13N3O4/c8-7-9-3-4(13)5(2(12)1-11)14-6(3)10-7/h2-6,11-13H,1H2,(H3,8,9,10)/t2-,3-,4-,5-,6+/m1/s1. The molecule has 0 aromatic heterocycles. The van der Waals surface area contributed by atoms with Crippen molar-refractivity contribution in [2.45, 2.75) is 30.6 Å². The van der Waals surface area contributed by atoms with Crippen LogP contribution in [0.3, 0.4) is 0 Å². The van der Waals surface area contributed by atoms with E-state index in [4.69, 9.17) is 15.6 Å². The van der Waals surface area contributed by atoms with Crippen LogP contribution in [-0.2, 0) is 4.74 Å². The Morgan fingerprint density at radius 1 is 1.64 bits per heavy atom. The molecule has 0 radical (unpaired) electrons. The first kappa shape index (κ1) is 9.66. The minimum absolute atomic E-state index is 0.219. The highest BCUT2D eigenvalue weighted by Crippen LogP contribution is 2.26. The quantitative estimate of drug-likeness (QED) is 0.321. The number of fused-ring (bicyclic) bond motifs is 1. The molecule has 2 aliphatic rings. The number of nitrogens with zero attached hydrogens (tertiary/aromatic N) is 1. The number of aliphatic hydroxyl groups is 3. The van der Waals surface area contributed by atoms with Gasteiger partial charge in [-0.25, -0.2) is 4.99 Å². The maximum absolute atomic E-state index is 9.69. The van der Waals surface area contributed by atoms with Crippen molar-refractivity contribution in [3.05, 3.63) is 0 Å². The van der Waals surface area contributed by atoms with Gasteiger partial charge in [0.2, 0.25) is 0 Å². The molecule has 0 saturated carbocycles. The number of hydrogen-bond acceptors (Lipinski definition) is 7. The Morgan fingerprint density at radius 3 is 2.93 bits per heavy atom. The molecule has 1 saturated heterocycles. The molecule has 7 nitrogen and oxygen atoms in total. The van der Waals surface area contributed by atoms with Gasteiger partial charge in [0.1, 0.15) is 24.4 Å². The number of hydrogen-bond donors (Lipinski definition) is 5. The molecule has 0 aromatic carbocycles. The summed E-state index contributed by atoms with van der Waals surface area (Å²) >= 11 is 0. The van der Waals surface area contributed by atoms with Crippen LogP contribution in [0.25, 0.3) is 0 Å². The molecule has 2 aliphatic heterocycles. The summed E-state index contributed by atoms with van der Waals surface area (Å²) in [6.45, 7) is -0.458. The van der Waals surface area contributed by atoms with E-state index in [-0.39, 0.29) is 5.96 Å². The Hall–Kier alpha value is -0.890. The van der Waals surface area contributed by atoms with Crippen molar-refractivity contribution in [3.63, 3.8) is 0 Å². The Bertz CT molecular complexity index is 259. The maximum Gasteiger partial charge on any atom is 0.191 e. The fraction of sp³-hybridized carbons (Fsp3) is 0.857. The van der Waals surface area contributed by atoms with E-state index in [0.717, 1.165) is 0 Å². The Kier molecular flexibility index (Phi) is 2.31. The minimum Gasteiger partial charge on any atom is -0.394 e. The van der Waals surface area contributed by atoms with Crippen LogP contribution < -0.4 is 11.1 Å². The van der Waals surface area contributed by atoms with Gasteiger partial charge in [0.25, 0.3) is 0 Å². The lowest BCUT2D eigenvalue weighted by Crippen LogP contribution is -2.47. The van der Waals surface area contributed by atoms with Crippen LogP contribution in [-0.4, -0.2) is 58.5 Å². The lowest BCUT2D eigenvalue weighted by atomic mass is 10.0. The van der Waals surface area contributed by atoms with Crippen molar-refractivity contribution >= 4 is 5.96 Å². The highest BCUT2D eigenvalue weighted by Gasteiger charge is 2.49. The molecule has 7 heteroatoms. The molecule has 5 atom stereocenters. The number of nitrogens with one attached hydrogen (secondary N) is 1. The Labute approximate surface area is 80.2 Å². The number of rotatable bonds is 2. The molecule has 0 aromatic rings. The van der Waals surface area contributed by atoms with Crippen molar-refractivity contribution in [2.24, 2.45) is 10.7 Å². The second-order valence-electron chi connectivity index (χ2n) is 3.42. The van der Waals surface area contributed by atoms with Crippen LogP contribution >= 0.6 is 0 Å². The summed E-state index contributed by atoms with van der Waals surface area (Å²) in [5, 5.41) is 30.4. The van der Waals surface area contributed by atoms with E-state index < -0.39 is 37.2 Å². The summed E-state index contributed by atoms with van der Waals surface area (Å²) in [7, 11) is 0. The molecule has 14 heavy (non-hydrogen) atoms. The third-order valence-electron chi connectivity index (χ3n) is 2.46. The molecular formula is C7H13N3O4. The van der Waals surface area contributed by atoms with Gasteiger partial charge in [0.05, 0.1) is 6.61 Å². The number of guanidine groups is 1. The van der Waals surface area contributed by atoms with E-state index in [1.165, 1.54) is 0 Å². The lowest BCUT2D eigenvalue weighted by Gasteiger charge is -2.20. The summed E-state index contributed by atoms with van der Waals surface area (Å²) in [6, 6.07) is -0.429. The lowest BCUT2D eigenvalue weighted by molar-refractivity contribution is -0.0799. The molecule has 1 fully saturated rings. The molecule has 6 N–H and O–H groups in total. The third kappa shape index (κ3) is 1.34. The second kappa shape index (κ2) is 3.35. The summed E-state index contributed by atoms with van der Waals surface area (Å²) in [4.78, 5) is 3.88. The van der Waals surface area contributed by atoms with Crippen LogP contribution in [0.5, 0.6) is 0 Å². The van der Waals surface area contributed by atoms with Crippen molar-refractivity contribution in [2.75, 3.05) is 6.61 Å². The zero-order chi connectivity index (χ0) is 10.3. The predicted octanol–water partition coefficient (Wildman–Crippen LogP) is -3.29. The highest BCUT2D eigenvalue weighted by molar-refractivity contribution is 5.80. The van der Waals surface area contributed by atoms with Gasteiger partial charge in [-0.15, -0.1) is 0 Å². The first-order valence-electron chi connectivity index (χ1n) is 4.35. The fourth-order valence-electron chi connectivity index (χ4n) is 1.73. The molecule has 0 unspecified atom stereocenters. The van der Waals surface area contributed by atoms with Crippen molar-refractivity contribution in [1.29, 1.82) is 0 Å². The van der Waals surface area contributed by atoms with Crippen LogP contribution in [0.2, 0.25) is 0 Å². The third-order valence-corrected chi connectivity index (χ3v) is 2.46. The second-order valence-corrected chi connectivity index (χ2v) is 3.42. The average Bonchev–Trinajstić information content (AvgIpc) is 2.64. The summed E-state index contributed by atoms with van der Waals surface area (Å²) in [6.07, 6.45) is -3.42. The number of nitrogens with two attached hydrogens (primary N) is 1. The molecule has 0 amide bonds. The van der Waals surface area contributed by atoms with Gasteiger partial charge >= 0.3 is 0 Å². The van der Waals surface area contributed by atoms with Crippen LogP contribution in [0.4, 0.5) is 0 Å². The largest absolute Gasteiger partial charge is 0.394 e. The van der Waals surface area contributed by atoms with E-state index in [9.17, 15) is 10.2 Å². The predicted molar refractivity (Wildman–Crippen MR) is 46.3 cm³/mol. The molecule has 2 rings (SSSR count). The molecule has 80 valence electrons. The SMILES string of the molecule is NC1=N[C@H]2O[C@H]([C@H](O)CO)[C@H](O)[C@H]2N1. The number of ether oxygens (including phenoxy) is 1. The van der Waals surface area contributed by atoms with Gasteiger partial charge in [0, 0.05) is 0 Å². The fourth-order valence-corrected chi connectivity index (χ4v) is 1.73. The molecular weight excluding hydrogens is 190 g/mol. The number of aliphatic imine (C=N–C) groups is 1. The van der Waals surface area contributed by atoms with Gasteiger partial charge in [0.15, 0.2) is 12.2 Å². The van der Waals surface area contributed by atoms with Crippen LogP contribution in [0.15, 0.2) is 4.99 Å². The summed E-state index contributed by atoms with van der Waals surface area (Å²) in [5.74, 6) is 0.219. The topological polar surface area (TPSA) is 120 Å². The van der Waals surface area contributed by atoms with E-state index >= 15 is 0 Å². The Morgan fingerprint density at radius 2 is 2.36 bits per heavy atom. The zero-order valence-corrected chi connectivity index (χ0v) is 7.37. The average molecular weight is 203 g/mol. The zero-order valence-electron chi connectivity index (χ0n) is 7.37. The first-order chi connectivity index (χ1) is 6.63. The normalized spacial score (nSPS) is 42.9. The maximum atomic E-state index is 9.69. The van der Waals surface area contributed by atoms with Gasteiger partial charge in [-0.2, -0.15) is 0 Å². The highest BCUT2D eigenvalue weighted by atomic mass is 16.5. The molecule has 2 heterocycles.